The molecule has 14 nitrogen and oxygen atoms in total. The fraction of sp³-hybridized carbons (Fsp3) is 0.739. The Morgan fingerprint density at radius 2 is 1.35 bits per heavy atom. The van der Waals surface area contributed by atoms with E-state index in [1.807, 2.05) is 6.92 Å². The summed E-state index contributed by atoms with van der Waals surface area (Å²) in [5, 5.41) is 17.3. The second-order valence-corrected chi connectivity index (χ2v) is 9.20. The van der Waals surface area contributed by atoms with Crippen molar-refractivity contribution in [2.24, 2.45) is 39.8 Å². The third-order valence-electron chi connectivity index (χ3n) is 6.19. The molecule has 212 valence electrons. The van der Waals surface area contributed by atoms with E-state index in [2.05, 4.69) is 20.9 Å². The summed E-state index contributed by atoms with van der Waals surface area (Å²) in [6.45, 7) is 7.26. The lowest BCUT2D eigenvalue weighted by Gasteiger charge is -2.28. The van der Waals surface area contributed by atoms with Crippen molar-refractivity contribution in [2.75, 3.05) is 6.54 Å². The molecule has 0 aliphatic rings. The predicted molar refractivity (Wildman–Crippen MR) is 139 cm³/mol. The summed E-state index contributed by atoms with van der Waals surface area (Å²) in [5.41, 5.74) is 21.6. The number of carbonyl (C=O) groups excluding carboxylic acids is 4. The minimum atomic E-state index is -1.19. The minimum Gasteiger partial charge on any atom is -0.480 e. The summed E-state index contributed by atoms with van der Waals surface area (Å²) in [6, 6.07) is -4.35. The van der Waals surface area contributed by atoms with Crippen molar-refractivity contribution in [3.63, 3.8) is 0 Å². The zero-order valence-electron chi connectivity index (χ0n) is 22.2. The maximum atomic E-state index is 13.2. The summed E-state index contributed by atoms with van der Waals surface area (Å²) >= 11 is 0. The average Bonchev–Trinajstić information content (AvgIpc) is 2.84. The summed E-state index contributed by atoms with van der Waals surface area (Å²) < 4.78 is 0. The SMILES string of the molecule is CCC(C)C(NC(=O)C(CCCN=C(N)N)NC(=O)C(NC(=O)C(N)CCC(N)=O)C(C)CC)C(=O)O. The number of nitrogens with one attached hydrogen (secondary N) is 3. The molecule has 0 aliphatic carbocycles. The molecule has 0 bridgehead atoms. The van der Waals surface area contributed by atoms with E-state index in [1.165, 1.54) is 0 Å². The van der Waals surface area contributed by atoms with E-state index < -0.39 is 53.8 Å². The third-order valence-corrected chi connectivity index (χ3v) is 6.19. The second kappa shape index (κ2) is 17.1. The molecule has 0 fully saturated rings. The smallest absolute Gasteiger partial charge is 0.326 e. The van der Waals surface area contributed by atoms with Gasteiger partial charge in [0.15, 0.2) is 5.96 Å². The highest BCUT2D eigenvalue weighted by Gasteiger charge is 2.33. The first kappa shape index (κ1) is 33.6. The number of amides is 4. The van der Waals surface area contributed by atoms with Crippen molar-refractivity contribution in [1.29, 1.82) is 0 Å². The van der Waals surface area contributed by atoms with Crippen molar-refractivity contribution in [3.8, 4) is 0 Å². The standard InChI is InChI=1S/C23H44N8O6/c1-5-12(3)17(30-19(33)14(24)9-10-16(25)32)21(35)29-15(8-7-11-28-23(26)27)20(34)31-18(22(36)37)13(4)6-2/h12-15,17-18H,5-11,24H2,1-4H3,(H2,25,32)(H,29,35)(H,30,33)(H,31,34)(H,36,37)(H4,26,27,28). The van der Waals surface area contributed by atoms with Gasteiger partial charge in [0.05, 0.1) is 6.04 Å². The van der Waals surface area contributed by atoms with E-state index in [4.69, 9.17) is 22.9 Å². The normalized spacial score (nSPS) is 15.7. The molecule has 0 aromatic heterocycles. The number of carboxylic acids is 1. The van der Waals surface area contributed by atoms with Crippen LogP contribution in [-0.4, -0.2) is 71.4 Å². The molecule has 0 heterocycles. The first-order valence-electron chi connectivity index (χ1n) is 12.5. The molecule has 0 saturated carbocycles. The monoisotopic (exact) mass is 528 g/mol. The van der Waals surface area contributed by atoms with Gasteiger partial charge in [-0.15, -0.1) is 0 Å². The van der Waals surface area contributed by atoms with Crippen LogP contribution in [0.1, 0.15) is 66.2 Å². The number of primary amides is 1. The van der Waals surface area contributed by atoms with E-state index in [0.717, 1.165) is 0 Å². The van der Waals surface area contributed by atoms with Crippen LogP contribution in [0.3, 0.4) is 0 Å². The van der Waals surface area contributed by atoms with E-state index in [0.29, 0.717) is 19.3 Å². The number of guanidine groups is 1. The van der Waals surface area contributed by atoms with Gasteiger partial charge in [-0.2, -0.15) is 0 Å². The number of carbonyl (C=O) groups is 5. The Bertz CT molecular complexity index is 817. The van der Waals surface area contributed by atoms with Crippen LogP contribution >= 0.6 is 0 Å². The molecule has 0 aromatic carbocycles. The Labute approximate surface area is 217 Å². The number of rotatable bonds is 18. The van der Waals surface area contributed by atoms with Crippen molar-refractivity contribution < 1.29 is 29.1 Å². The lowest BCUT2D eigenvalue weighted by atomic mass is 9.96. The summed E-state index contributed by atoms with van der Waals surface area (Å²) in [7, 11) is 0. The van der Waals surface area contributed by atoms with Gasteiger partial charge in [0, 0.05) is 13.0 Å². The highest BCUT2D eigenvalue weighted by molar-refractivity contribution is 5.94. The lowest BCUT2D eigenvalue weighted by Crippen LogP contribution is -2.59. The number of nitrogens with zero attached hydrogens (tertiary/aromatic N) is 1. The van der Waals surface area contributed by atoms with E-state index >= 15 is 0 Å². The molecule has 37 heavy (non-hydrogen) atoms. The maximum absolute atomic E-state index is 13.2. The van der Waals surface area contributed by atoms with Gasteiger partial charge in [0.25, 0.3) is 0 Å². The van der Waals surface area contributed by atoms with Gasteiger partial charge in [0.2, 0.25) is 23.6 Å². The third kappa shape index (κ3) is 12.9. The Morgan fingerprint density at radius 1 is 0.811 bits per heavy atom. The summed E-state index contributed by atoms with van der Waals surface area (Å²) in [5.74, 6) is -4.56. The van der Waals surface area contributed by atoms with Gasteiger partial charge in [-0.05, 0) is 31.1 Å². The highest BCUT2D eigenvalue weighted by atomic mass is 16.4. The van der Waals surface area contributed by atoms with Gasteiger partial charge in [-0.1, -0.05) is 40.5 Å². The second-order valence-electron chi connectivity index (χ2n) is 9.20. The number of hydrogen-bond donors (Lipinski definition) is 8. The number of aliphatic carboxylic acids is 1. The minimum absolute atomic E-state index is 0.0119. The van der Waals surface area contributed by atoms with E-state index in [9.17, 15) is 29.1 Å². The molecule has 0 saturated heterocycles. The Morgan fingerprint density at radius 3 is 1.84 bits per heavy atom. The molecule has 6 atom stereocenters. The van der Waals surface area contributed by atoms with Crippen LogP contribution in [0.25, 0.3) is 0 Å². The van der Waals surface area contributed by atoms with Crippen LogP contribution in [0.5, 0.6) is 0 Å². The van der Waals surface area contributed by atoms with Crippen molar-refractivity contribution >= 4 is 35.6 Å². The van der Waals surface area contributed by atoms with Gasteiger partial charge < -0.3 is 44.0 Å². The van der Waals surface area contributed by atoms with E-state index in [-0.39, 0.29) is 43.6 Å². The number of nitrogens with two attached hydrogens (primary N) is 4. The largest absolute Gasteiger partial charge is 0.480 e. The Balaban J connectivity index is 5.71. The first-order valence-corrected chi connectivity index (χ1v) is 12.5. The zero-order chi connectivity index (χ0) is 28.7. The van der Waals surface area contributed by atoms with Crippen LogP contribution in [0.15, 0.2) is 4.99 Å². The maximum Gasteiger partial charge on any atom is 0.326 e. The van der Waals surface area contributed by atoms with E-state index in [1.54, 1.807) is 20.8 Å². The fourth-order valence-electron chi connectivity index (χ4n) is 3.36. The molecule has 12 N–H and O–H groups in total. The molecule has 0 aromatic rings. The molecule has 0 spiro atoms. The Kier molecular flexibility index (Phi) is 15.5. The van der Waals surface area contributed by atoms with Crippen molar-refractivity contribution in [3.05, 3.63) is 0 Å². The molecule has 6 unspecified atom stereocenters. The Hall–Kier alpha value is -3.42. The molecule has 0 radical (unpaired) electrons. The lowest BCUT2D eigenvalue weighted by molar-refractivity contribution is -0.144. The van der Waals surface area contributed by atoms with Gasteiger partial charge in [-0.25, -0.2) is 4.79 Å². The van der Waals surface area contributed by atoms with Gasteiger partial charge >= 0.3 is 5.97 Å². The molecular weight excluding hydrogens is 484 g/mol. The van der Waals surface area contributed by atoms with Crippen LogP contribution in [-0.2, 0) is 24.0 Å². The quantitative estimate of drug-likeness (QED) is 0.0569. The molecule has 0 rings (SSSR count). The van der Waals surface area contributed by atoms with Crippen molar-refractivity contribution in [1.82, 2.24) is 16.0 Å². The summed E-state index contributed by atoms with van der Waals surface area (Å²) in [6.07, 6.45) is 1.38. The topological polar surface area (TPSA) is 258 Å². The predicted octanol–water partition coefficient (Wildman–Crippen LogP) is -1.74. The summed E-state index contributed by atoms with van der Waals surface area (Å²) in [4.78, 5) is 65.4. The fourth-order valence-corrected chi connectivity index (χ4v) is 3.36. The van der Waals surface area contributed by atoms with Gasteiger partial charge in [-0.3, -0.25) is 24.2 Å². The average molecular weight is 529 g/mol. The first-order chi connectivity index (χ1) is 17.2. The van der Waals surface area contributed by atoms with Crippen LogP contribution in [0.4, 0.5) is 0 Å². The number of hydrogen-bond acceptors (Lipinski definition) is 7. The van der Waals surface area contributed by atoms with Crippen LogP contribution < -0.4 is 38.9 Å². The van der Waals surface area contributed by atoms with Gasteiger partial charge in [0.1, 0.15) is 18.1 Å². The molecule has 0 aliphatic heterocycles. The van der Waals surface area contributed by atoms with Crippen LogP contribution in [0, 0.1) is 11.8 Å². The highest BCUT2D eigenvalue weighted by Crippen LogP contribution is 2.12. The molecule has 14 heteroatoms. The number of aliphatic imine (C=N–C) groups is 1. The van der Waals surface area contributed by atoms with Crippen LogP contribution in [0.2, 0.25) is 0 Å². The molecule has 4 amide bonds. The number of carboxylic acid groups (broad SMARTS) is 1. The molecular formula is C23H44N8O6. The van der Waals surface area contributed by atoms with Crippen molar-refractivity contribution in [2.45, 2.75) is 90.4 Å². The zero-order valence-corrected chi connectivity index (χ0v) is 22.2.